The van der Waals surface area contributed by atoms with Crippen molar-refractivity contribution in [2.45, 2.75) is 0 Å². The van der Waals surface area contributed by atoms with Gasteiger partial charge in [-0.1, -0.05) is 121 Å². The summed E-state index contributed by atoms with van der Waals surface area (Å²) in [5, 5.41) is 7.23. The van der Waals surface area contributed by atoms with Gasteiger partial charge in [-0.25, -0.2) is 0 Å². The Morgan fingerprint density at radius 2 is 0.784 bits per heavy atom. The fourth-order valence-electron chi connectivity index (χ4n) is 8.16. The molecule has 0 saturated carbocycles. The van der Waals surface area contributed by atoms with Gasteiger partial charge in [0.1, 0.15) is 11.2 Å². The largest absolute Gasteiger partial charge is 0.456 e. The lowest BCUT2D eigenvalue weighted by atomic mass is 10.0. The van der Waals surface area contributed by atoms with Crippen molar-refractivity contribution >= 4 is 65.6 Å². The predicted molar refractivity (Wildman–Crippen MR) is 213 cm³/mol. The predicted octanol–water partition coefficient (Wildman–Crippen LogP) is 13.1. The van der Waals surface area contributed by atoms with Crippen LogP contribution in [-0.2, 0) is 0 Å². The molecule has 0 radical (unpaired) electrons. The SMILES string of the molecule is c1ccc(-c2cccc(-n3c4ccccc4c4ccc(-c5ccc6c7ccccc7n(-c7ccc8oc9ccccc9c8c7)c6c5)cc43)c2)cc1. The smallest absolute Gasteiger partial charge is 0.135 e. The van der Waals surface area contributed by atoms with Crippen molar-refractivity contribution in [3.05, 3.63) is 182 Å². The number of para-hydroxylation sites is 3. The van der Waals surface area contributed by atoms with Crippen LogP contribution in [0, 0.1) is 0 Å². The van der Waals surface area contributed by atoms with Crippen molar-refractivity contribution < 1.29 is 4.42 Å². The molecule has 3 heteroatoms. The van der Waals surface area contributed by atoms with Crippen molar-refractivity contribution in [2.75, 3.05) is 0 Å². The van der Waals surface area contributed by atoms with E-state index in [9.17, 15) is 0 Å². The van der Waals surface area contributed by atoms with E-state index in [4.69, 9.17) is 4.42 Å². The van der Waals surface area contributed by atoms with Gasteiger partial charge < -0.3 is 13.6 Å². The van der Waals surface area contributed by atoms with Gasteiger partial charge in [0.2, 0.25) is 0 Å². The van der Waals surface area contributed by atoms with Crippen LogP contribution in [-0.4, -0.2) is 9.13 Å². The standard InChI is InChI=1S/C48H30N2O/c1-2-11-31(12-3-1)32-13-10-14-35(27-32)49-43-18-7-4-15-37(43)39-24-21-33(28-45(39)49)34-22-25-40-38-16-5-8-19-44(38)50(46(40)29-34)36-23-26-48-42(30-36)41-17-6-9-20-47(41)51-48/h1-30H. The van der Waals surface area contributed by atoms with Crippen molar-refractivity contribution in [2.24, 2.45) is 0 Å². The molecular formula is C48H30N2O. The monoisotopic (exact) mass is 650 g/mol. The molecule has 51 heavy (non-hydrogen) atoms. The number of aromatic nitrogens is 2. The Labute approximate surface area is 293 Å². The lowest BCUT2D eigenvalue weighted by Crippen LogP contribution is -1.95. The quantitative estimate of drug-likeness (QED) is 0.186. The molecule has 0 amide bonds. The number of hydrogen-bond acceptors (Lipinski definition) is 1. The first-order chi connectivity index (χ1) is 25.3. The highest BCUT2D eigenvalue weighted by Crippen LogP contribution is 2.39. The van der Waals surface area contributed by atoms with Gasteiger partial charge in [0.25, 0.3) is 0 Å². The molecular weight excluding hydrogens is 621 g/mol. The van der Waals surface area contributed by atoms with Gasteiger partial charge in [-0.3, -0.25) is 0 Å². The average Bonchev–Trinajstić information content (AvgIpc) is 3.85. The number of benzene rings is 8. The number of nitrogens with zero attached hydrogens (tertiary/aromatic N) is 2. The van der Waals surface area contributed by atoms with Crippen LogP contribution in [0.15, 0.2) is 186 Å². The molecule has 0 saturated heterocycles. The number of hydrogen-bond donors (Lipinski definition) is 0. The lowest BCUT2D eigenvalue weighted by Gasteiger charge is -2.12. The molecule has 238 valence electrons. The van der Waals surface area contributed by atoms with Crippen LogP contribution in [0.1, 0.15) is 0 Å². The summed E-state index contributed by atoms with van der Waals surface area (Å²) in [6.45, 7) is 0. The van der Waals surface area contributed by atoms with Crippen LogP contribution in [0.3, 0.4) is 0 Å². The summed E-state index contributed by atoms with van der Waals surface area (Å²) >= 11 is 0. The van der Waals surface area contributed by atoms with Crippen LogP contribution in [0.5, 0.6) is 0 Å². The average molecular weight is 651 g/mol. The molecule has 0 fully saturated rings. The minimum absolute atomic E-state index is 0.902. The first kappa shape index (κ1) is 28.0. The summed E-state index contributed by atoms with van der Waals surface area (Å²) in [6, 6.07) is 65.6. The van der Waals surface area contributed by atoms with Crippen molar-refractivity contribution in [1.29, 1.82) is 0 Å². The van der Waals surface area contributed by atoms with Crippen LogP contribution in [0.4, 0.5) is 0 Å². The molecule has 0 bridgehead atoms. The number of furan rings is 1. The molecule has 0 N–H and O–H groups in total. The molecule has 0 atom stereocenters. The molecule has 0 spiro atoms. The Hall–Kier alpha value is -6.84. The Balaban J connectivity index is 1.12. The van der Waals surface area contributed by atoms with E-state index in [1.54, 1.807) is 0 Å². The highest BCUT2D eigenvalue weighted by Gasteiger charge is 2.17. The highest BCUT2D eigenvalue weighted by atomic mass is 16.3. The van der Waals surface area contributed by atoms with Crippen LogP contribution in [0.2, 0.25) is 0 Å². The van der Waals surface area contributed by atoms with Gasteiger partial charge in [0.15, 0.2) is 0 Å². The Kier molecular flexibility index (Phi) is 5.96. The molecule has 3 aromatic heterocycles. The van der Waals surface area contributed by atoms with Gasteiger partial charge in [0.05, 0.1) is 22.1 Å². The van der Waals surface area contributed by atoms with Crippen LogP contribution in [0.25, 0.3) is 99.2 Å². The Morgan fingerprint density at radius 3 is 1.47 bits per heavy atom. The second-order valence-corrected chi connectivity index (χ2v) is 13.4. The second-order valence-electron chi connectivity index (χ2n) is 13.4. The summed E-state index contributed by atoms with van der Waals surface area (Å²) in [7, 11) is 0. The zero-order valence-corrected chi connectivity index (χ0v) is 27.6. The summed E-state index contributed by atoms with van der Waals surface area (Å²) in [5.74, 6) is 0. The van der Waals surface area contributed by atoms with Crippen LogP contribution < -0.4 is 0 Å². The van der Waals surface area contributed by atoms with E-state index in [2.05, 4.69) is 179 Å². The topological polar surface area (TPSA) is 23.0 Å². The fourth-order valence-corrected chi connectivity index (χ4v) is 8.16. The molecule has 11 aromatic rings. The Morgan fingerprint density at radius 1 is 0.275 bits per heavy atom. The third-order valence-corrected chi connectivity index (χ3v) is 10.5. The maximum absolute atomic E-state index is 6.19. The van der Waals surface area contributed by atoms with Gasteiger partial charge >= 0.3 is 0 Å². The molecule has 0 aliphatic heterocycles. The molecule has 8 aromatic carbocycles. The van der Waals surface area contributed by atoms with Gasteiger partial charge in [-0.15, -0.1) is 0 Å². The fraction of sp³-hybridized carbons (Fsp3) is 0. The molecule has 0 aliphatic rings. The number of rotatable bonds is 4. The normalized spacial score (nSPS) is 11.9. The first-order valence-corrected chi connectivity index (χ1v) is 17.4. The van der Waals surface area contributed by atoms with Crippen molar-refractivity contribution in [3.8, 4) is 33.6 Å². The van der Waals surface area contributed by atoms with Gasteiger partial charge in [0, 0.05) is 43.7 Å². The molecule has 11 rings (SSSR count). The molecule has 0 aliphatic carbocycles. The van der Waals surface area contributed by atoms with Crippen molar-refractivity contribution in [3.63, 3.8) is 0 Å². The minimum atomic E-state index is 0.902. The van der Waals surface area contributed by atoms with E-state index in [0.717, 1.165) is 33.3 Å². The Bertz CT molecular complexity index is 3140. The summed E-state index contributed by atoms with van der Waals surface area (Å²) in [6.07, 6.45) is 0. The second kappa shape index (κ2) is 10.8. The molecule has 3 nitrogen and oxygen atoms in total. The maximum atomic E-state index is 6.19. The summed E-state index contributed by atoms with van der Waals surface area (Å²) in [4.78, 5) is 0. The van der Waals surface area contributed by atoms with Gasteiger partial charge in [-0.05, 0) is 82.9 Å². The molecule has 3 heterocycles. The number of fused-ring (bicyclic) bond motifs is 9. The van der Waals surface area contributed by atoms with E-state index < -0.39 is 0 Å². The van der Waals surface area contributed by atoms with E-state index in [0.29, 0.717) is 0 Å². The third kappa shape index (κ3) is 4.25. The van der Waals surface area contributed by atoms with Gasteiger partial charge in [-0.2, -0.15) is 0 Å². The maximum Gasteiger partial charge on any atom is 0.135 e. The van der Waals surface area contributed by atoms with E-state index in [1.807, 2.05) is 12.1 Å². The zero-order valence-electron chi connectivity index (χ0n) is 27.6. The third-order valence-electron chi connectivity index (χ3n) is 10.5. The molecule has 0 unspecified atom stereocenters. The van der Waals surface area contributed by atoms with Crippen molar-refractivity contribution in [1.82, 2.24) is 9.13 Å². The summed E-state index contributed by atoms with van der Waals surface area (Å²) < 4.78 is 11.0. The highest BCUT2D eigenvalue weighted by molar-refractivity contribution is 6.13. The summed E-state index contributed by atoms with van der Waals surface area (Å²) in [5.41, 5.74) is 13.6. The van der Waals surface area contributed by atoms with Crippen LogP contribution >= 0.6 is 0 Å². The van der Waals surface area contributed by atoms with E-state index >= 15 is 0 Å². The lowest BCUT2D eigenvalue weighted by molar-refractivity contribution is 0.669. The zero-order chi connectivity index (χ0) is 33.5. The van der Waals surface area contributed by atoms with E-state index in [1.165, 1.54) is 65.9 Å². The van der Waals surface area contributed by atoms with E-state index in [-0.39, 0.29) is 0 Å². The first-order valence-electron chi connectivity index (χ1n) is 17.4. The minimum Gasteiger partial charge on any atom is -0.456 e.